The van der Waals surface area contributed by atoms with Crippen molar-refractivity contribution in [2.45, 2.75) is 33.0 Å². The van der Waals surface area contributed by atoms with Crippen LogP contribution in [0.2, 0.25) is 0 Å². The molecule has 3 rings (SSSR count). The lowest BCUT2D eigenvalue weighted by Gasteiger charge is -2.27. The van der Waals surface area contributed by atoms with E-state index in [0.29, 0.717) is 0 Å². The van der Waals surface area contributed by atoms with Gasteiger partial charge < -0.3 is 0 Å². The molecule has 0 saturated heterocycles. The highest BCUT2D eigenvalue weighted by Crippen LogP contribution is 2.25. The topological polar surface area (TPSA) is 67.2 Å². The van der Waals surface area contributed by atoms with Crippen LogP contribution in [0.1, 0.15) is 26.7 Å². The number of rotatable bonds is 5. The van der Waals surface area contributed by atoms with E-state index in [1.54, 1.807) is 0 Å². The summed E-state index contributed by atoms with van der Waals surface area (Å²) in [5.74, 6) is 0. The molecular formula is C15H22N4O2S2. The van der Waals surface area contributed by atoms with E-state index in [2.05, 4.69) is 33.8 Å². The molecule has 1 N–H and O–H groups in total. The maximum absolute atomic E-state index is 11.3. The minimum absolute atomic E-state index is 0.270. The van der Waals surface area contributed by atoms with Crippen molar-refractivity contribution < 1.29 is 8.42 Å². The molecule has 0 saturated carbocycles. The van der Waals surface area contributed by atoms with Gasteiger partial charge in [-0.15, -0.1) is 11.3 Å². The molecule has 0 fully saturated rings. The van der Waals surface area contributed by atoms with Gasteiger partial charge in [-0.25, -0.2) is 13.1 Å². The number of aryl methyl sites for hydroxylation is 2. The Balaban J connectivity index is 1.72. The first-order valence-electron chi connectivity index (χ1n) is 7.58. The highest BCUT2D eigenvalue weighted by atomic mass is 32.2. The van der Waals surface area contributed by atoms with Crippen molar-refractivity contribution >= 4 is 21.4 Å². The summed E-state index contributed by atoms with van der Waals surface area (Å²) in [6.07, 6.45) is 2.08. The Labute approximate surface area is 141 Å². The van der Waals surface area contributed by atoms with Crippen LogP contribution < -0.4 is 4.72 Å². The van der Waals surface area contributed by atoms with Crippen LogP contribution in [0.25, 0.3) is 0 Å². The first kappa shape index (κ1) is 16.6. The molecule has 1 aliphatic rings. The van der Waals surface area contributed by atoms with E-state index in [9.17, 15) is 8.42 Å². The van der Waals surface area contributed by atoms with Gasteiger partial charge in [0.1, 0.15) is 0 Å². The predicted octanol–water partition coefficient (Wildman–Crippen LogP) is 1.40. The fraction of sp³-hybridized carbons (Fsp3) is 0.533. The number of nitrogens with one attached hydrogen (secondary N) is 1. The summed E-state index contributed by atoms with van der Waals surface area (Å²) in [6, 6.07) is 4.36. The maximum Gasteiger partial charge on any atom is 0.209 e. The maximum atomic E-state index is 11.3. The van der Waals surface area contributed by atoms with Gasteiger partial charge >= 0.3 is 0 Å². The van der Waals surface area contributed by atoms with Crippen molar-refractivity contribution in [1.82, 2.24) is 19.4 Å². The third-order valence-electron chi connectivity index (χ3n) is 4.09. The van der Waals surface area contributed by atoms with Crippen LogP contribution in [0.4, 0.5) is 0 Å². The van der Waals surface area contributed by atoms with Crippen molar-refractivity contribution in [3.63, 3.8) is 0 Å². The minimum Gasteiger partial charge on any atom is -0.292 e. The van der Waals surface area contributed by atoms with E-state index in [4.69, 9.17) is 0 Å². The van der Waals surface area contributed by atoms with Crippen molar-refractivity contribution in [3.05, 3.63) is 38.8 Å². The number of thiophene rings is 1. The largest absolute Gasteiger partial charge is 0.292 e. The molecule has 0 unspecified atom stereocenters. The summed E-state index contributed by atoms with van der Waals surface area (Å²) in [6.45, 7) is 5.19. The number of nitrogens with zero attached hydrogens (tertiary/aromatic N) is 3. The standard InChI is InChI=1S/C15H22N4O2S2/c1-11-4-5-12(22-11)9-19-7-6-13-14(8-16-23(3,20)21)17-18(2)15(13)10-19/h4-5,16H,6-10H2,1-3H3. The summed E-state index contributed by atoms with van der Waals surface area (Å²) in [7, 11) is -1.26. The second kappa shape index (κ2) is 6.35. The van der Waals surface area contributed by atoms with Gasteiger partial charge in [0.2, 0.25) is 10.0 Å². The third-order valence-corrected chi connectivity index (χ3v) is 5.74. The molecule has 2 aromatic rings. The van der Waals surface area contributed by atoms with Gasteiger partial charge in [-0.1, -0.05) is 0 Å². The molecule has 0 spiro atoms. The van der Waals surface area contributed by atoms with Crippen LogP contribution in [0.5, 0.6) is 0 Å². The molecule has 0 atom stereocenters. The second-order valence-electron chi connectivity index (χ2n) is 6.06. The van der Waals surface area contributed by atoms with Gasteiger partial charge in [-0.2, -0.15) is 5.10 Å². The van der Waals surface area contributed by atoms with E-state index in [1.165, 1.54) is 27.3 Å². The average molecular weight is 355 g/mol. The van der Waals surface area contributed by atoms with Gasteiger partial charge in [0.05, 0.1) is 24.2 Å². The highest BCUT2D eigenvalue weighted by molar-refractivity contribution is 7.88. The van der Waals surface area contributed by atoms with Gasteiger partial charge in [-0.3, -0.25) is 9.58 Å². The number of fused-ring (bicyclic) bond motifs is 1. The van der Waals surface area contributed by atoms with Gasteiger partial charge in [0.15, 0.2) is 0 Å². The molecule has 126 valence electrons. The van der Waals surface area contributed by atoms with E-state index < -0.39 is 10.0 Å². The van der Waals surface area contributed by atoms with E-state index in [0.717, 1.165) is 31.7 Å². The molecule has 8 heteroatoms. The molecular weight excluding hydrogens is 332 g/mol. The smallest absolute Gasteiger partial charge is 0.209 e. The molecule has 0 radical (unpaired) electrons. The Kier molecular flexibility index (Phi) is 4.59. The van der Waals surface area contributed by atoms with Crippen molar-refractivity contribution in [2.75, 3.05) is 12.8 Å². The molecule has 6 nitrogen and oxygen atoms in total. The van der Waals surface area contributed by atoms with E-state index >= 15 is 0 Å². The summed E-state index contributed by atoms with van der Waals surface area (Å²) in [5.41, 5.74) is 3.23. The Hall–Kier alpha value is -1.22. The van der Waals surface area contributed by atoms with Gasteiger partial charge in [0.25, 0.3) is 0 Å². The molecule has 0 aliphatic carbocycles. The Morgan fingerprint density at radius 1 is 1.39 bits per heavy atom. The summed E-state index contributed by atoms with van der Waals surface area (Å²) in [5, 5.41) is 4.51. The normalized spacial score (nSPS) is 15.8. The fourth-order valence-electron chi connectivity index (χ4n) is 2.98. The second-order valence-corrected chi connectivity index (χ2v) is 9.27. The zero-order valence-electron chi connectivity index (χ0n) is 13.7. The van der Waals surface area contributed by atoms with Crippen LogP contribution in [-0.2, 0) is 43.1 Å². The SMILES string of the molecule is Cc1ccc(CN2CCc3c(CNS(C)(=O)=O)nn(C)c3C2)s1. The zero-order valence-corrected chi connectivity index (χ0v) is 15.3. The number of sulfonamides is 1. The monoisotopic (exact) mass is 354 g/mol. The molecule has 3 heterocycles. The Morgan fingerprint density at radius 3 is 2.83 bits per heavy atom. The summed E-state index contributed by atoms with van der Waals surface area (Å²) >= 11 is 1.84. The molecule has 23 heavy (non-hydrogen) atoms. The highest BCUT2D eigenvalue weighted by Gasteiger charge is 2.24. The van der Waals surface area contributed by atoms with Crippen LogP contribution in [-0.4, -0.2) is 35.9 Å². The molecule has 2 aromatic heterocycles. The van der Waals surface area contributed by atoms with Crippen molar-refractivity contribution in [2.24, 2.45) is 7.05 Å². The Morgan fingerprint density at radius 2 is 2.17 bits per heavy atom. The lowest BCUT2D eigenvalue weighted by molar-refractivity contribution is 0.240. The van der Waals surface area contributed by atoms with Gasteiger partial charge in [-0.05, 0) is 25.5 Å². The number of hydrogen-bond acceptors (Lipinski definition) is 5. The molecule has 1 aliphatic heterocycles. The molecule has 0 amide bonds. The molecule has 0 aromatic carbocycles. The lowest BCUT2D eigenvalue weighted by atomic mass is 10.0. The number of hydrogen-bond donors (Lipinski definition) is 1. The lowest BCUT2D eigenvalue weighted by Crippen LogP contribution is -2.31. The third kappa shape index (κ3) is 4.00. The first-order valence-corrected chi connectivity index (χ1v) is 10.3. The summed E-state index contributed by atoms with van der Waals surface area (Å²) < 4.78 is 27.0. The van der Waals surface area contributed by atoms with Crippen LogP contribution in [0.3, 0.4) is 0 Å². The summed E-state index contributed by atoms with van der Waals surface area (Å²) in [4.78, 5) is 5.14. The van der Waals surface area contributed by atoms with Crippen LogP contribution in [0.15, 0.2) is 12.1 Å². The van der Waals surface area contributed by atoms with Crippen molar-refractivity contribution in [3.8, 4) is 0 Å². The first-order chi connectivity index (χ1) is 10.8. The van der Waals surface area contributed by atoms with E-state index in [1.807, 2.05) is 23.1 Å². The predicted molar refractivity (Wildman–Crippen MR) is 91.8 cm³/mol. The number of aromatic nitrogens is 2. The molecule has 0 bridgehead atoms. The Bertz CT molecular complexity index is 808. The quantitative estimate of drug-likeness (QED) is 0.881. The van der Waals surface area contributed by atoms with E-state index in [-0.39, 0.29) is 6.54 Å². The van der Waals surface area contributed by atoms with Crippen LogP contribution >= 0.6 is 11.3 Å². The fourth-order valence-corrected chi connectivity index (χ4v) is 4.31. The average Bonchev–Trinajstić information content (AvgIpc) is 3.00. The van der Waals surface area contributed by atoms with Crippen molar-refractivity contribution in [1.29, 1.82) is 0 Å². The minimum atomic E-state index is -3.20. The zero-order chi connectivity index (χ0) is 16.6. The van der Waals surface area contributed by atoms with Crippen LogP contribution in [0, 0.1) is 6.92 Å². The van der Waals surface area contributed by atoms with Gasteiger partial charge in [0, 0.05) is 42.0 Å².